The number of hydrogen-bond acceptors (Lipinski definition) is 3. The van der Waals surface area contributed by atoms with Crippen molar-refractivity contribution in [1.82, 2.24) is 15.5 Å². The van der Waals surface area contributed by atoms with E-state index >= 15 is 0 Å². The Kier molecular flexibility index (Phi) is 5.85. The average Bonchev–Trinajstić information content (AvgIpc) is 2.92. The van der Waals surface area contributed by atoms with E-state index in [1.165, 1.54) is 32.1 Å². The maximum atomic E-state index is 12.1. The second kappa shape index (κ2) is 7.41. The fourth-order valence-corrected chi connectivity index (χ4v) is 3.46. The van der Waals surface area contributed by atoms with Crippen LogP contribution in [0.15, 0.2) is 0 Å². The molecule has 2 aliphatic rings. The minimum Gasteiger partial charge on any atom is -0.356 e. The third-order valence-corrected chi connectivity index (χ3v) is 5.09. The standard InChI is InChI=1S/C16H31N3O/c1-16(9-11-17-13-16)15(20)18-10-6-12-19(2)14-7-4-3-5-8-14/h14,17H,3-13H2,1-2H3,(H,18,20). The minimum atomic E-state index is -0.185. The SMILES string of the molecule is CN(CCCNC(=O)C1(C)CCNC1)C1CCCCC1. The van der Waals surface area contributed by atoms with Crippen molar-refractivity contribution in [3.05, 3.63) is 0 Å². The monoisotopic (exact) mass is 281 g/mol. The lowest BCUT2D eigenvalue weighted by Gasteiger charge is -2.31. The molecule has 2 fully saturated rings. The van der Waals surface area contributed by atoms with E-state index in [0.717, 1.165) is 45.1 Å². The van der Waals surface area contributed by atoms with Gasteiger partial charge in [-0.3, -0.25) is 4.79 Å². The number of nitrogens with zero attached hydrogens (tertiary/aromatic N) is 1. The van der Waals surface area contributed by atoms with Gasteiger partial charge in [0.2, 0.25) is 5.91 Å². The largest absolute Gasteiger partial charge is 0.356 e. The molecule has 4 heteroatoms. The summed E-state index contributed by atoms with van der Waals surface area (Å²) in [6.07, 6.45) is 8.91. The first-order chi connectivity index (χ1) is 9.62. The number of rotatable bonds is 6. The molecule has 1 aliphatic carbocycles. The van der Waals surface area contributed by atoms with Crippen LogP contribution in [0.5, 0.6) is 0 Å². The van der Waals surface area contributed by atoms with Gasteiger partial charge in [-0.2, -0.15) is 0 Å². The Morgan fingerprint density at radius 1 is 1.35 bits per heavy atom. The Balaban J connectivity index is 1.59. The fraction of sp³-hybridized carbons (Fsp3) is 0.938. The lowest BCUT2D eigenvalue weighted by Crippen LogP contribution is -2.41. The third-order valence-electron chi connectivity index (χ3n) is 5.09. The van der Waals surface area contributed by atoms with E-state index in [1.54, 1.807) is 0 Å². The summed E-state index contributed by atoms with van der Waals surface area (Å²) in [6, 6.07) is 0.774. The number of nitrogens with one attached hydrogen (secondary N) is 2. The van der Waals surface area contributed by atoms with E-state index in [0.29, 0.717) is 0 Å². The minimum absolute atomic E-state index is 0.185. The zero-order valence-corrected chi connectivity index (χ0v) is 13.2. The lowest BCUT2D eigenvalue weighted by molar-refractivity contribution is -0.129. The molecule has 2 N–H and O–H groups in total. The molecule has 0 aromatic heterocycles. The topological polar surface area (TPSA) is 44.4 Å². The summed E-state index contributed by atoms with van der Waals surface area (Å²) in [5, 5.41) is 6.39. The molecule has 1 saturated heterocycles. The van der Waals surface area contributed by atoms with Crippen LogP contribution >= 0.6 is 0 Å². The predicted molar refractivity (Wildman–Crippen MR) is 82.7 cm³/mol. The maximum Gasteiger partial charge on any atom is 0.227 e. The van der Waals surface area contributed by atoms with Crippen LogP contribution in [-0.4, -0.2) is 50.1 Å². The Morgan fingerprint density at radius 3 is 2.75 bits per heavy atom. The molecule has 116 valence electrons. The Bertz CT molecular complexity index is 307. The normalized spacial score (nSPS) is 27.9. The van der Waals surface area contributed by atoms with Crippen molar-refractivity contribution in [3.63, 3.8) is 0 Å². The fourth-order valence-electron chi connectivity index (χ4n) is 3.46. The molecule has 1 amide bonds. The number of hydrogen-bond donors (Lipinski definition) is 2. The highest BCUT2D eigenvalue weighted by molar-refractivity contribution is 5.82. The van der Waals surface area contributed by atoms with Crippen molar-refractivity contribution in [3.8, 4) is 0 Å². The van der Waals surface area contributed by atoms with Gasteiger partial charge in [-0.15, -0.1) is 0 Å². The second-order valence-electron chi connectivity index (χ2n) is 6.87. The highest BCUT2D eigenvalue weighted by Gasteiger charge is 2.35. The van der Waals surface area contributed by atoms with E-state index in [4.69, 9.17) is 0 Å². The molecule has 1 unspecified atom stereocenters. The highest BCUT2D eigenvalue weighted by atomic mass is 16.2. The van der Waals surface area contributed by atoms with Crippen LogP contribution in [-0.2, 0) is 4.79 Å². The van der Waals surface area contributed by atoms with Crippen molar-refractivity contribution in [2.24, 2.45) is 5.41 Å². The molecule has 0 bridgehead atoms. The van der Waals surface area contributed by atoms with Gasteiger partial charge in [0.05, 0.1) is 5.41 Å². The summed E-state index contributed by atoms with van der Waals surface area (Å²) in [7, 11) is 2.24. The average molecular weight is 281 g/mol. The van der Waals surface area contributed by atoms with Gasteiger partial charge in [-0.05, 0) is 52.7 Å². The lowest BCUT2D eigenvalue weighted by atomic mass is 9.89. The molecule has 1 heterocycles. The summed E-state index contributed by atoms with van der Waals surface area (Å²) < 4.78 is 0. The van der Waals surface area contributed by atoms with E-state index in [2.05, 4.69) is 29.5 Å². The summed E-state index contributed by atoms with van der Waals surface area (Å²) in [5.41, 5.74) is -0.185. The van der Waals surface area contributed by atoms with Crippen LogP contribution in [0.3, 0.4) is 0 Å². The first-order valence-electron chi connectivity index (χ1n) is 8.31. The Labute approximate surface area is 123 Å². The van der Waals surface area contributed by atoms with E-state index in [9.17, 15) is 4.79 Å². The summed E-state index contributed by atoms with van der Waals surface area (Å²) in [6.45, 7) is 5.76. The maximum absolute atomic E-state index is 12.1. The van der Waals surface area contributed by atoms with Crippen LogP contribution in [0.2, 0.25) is 0 Å². The van der Waals surface area contributed by atoms with Crippen molar-refractivity contribution >= 4 is 5.91 Å². The number of carbonyl (C=O) groups excluding carboxylic acids is 1. The molecule has 0 aromatic rings. The Hall–Kier alpha value is -0.610. The summed E-state index contributed by atoms with van der Waals surface area (Å²) >= 11 is 0. The first-order valence-corrected chi connectivity index (χ1v) is 8.31. The van der Waals surface area contributed by atoms with Crippen molar-refractivity contribution in [1.29, 1.82) is 0 Å². The van der Waals surface area contributed by atoms with Gasteiger partial charge in [0, 0.05) is 19.1 Å². The molecular weight excluding hydrogens is 250 g/mol. The molecule has 1 atom stereocenters. The highest BCUT2D eigenvalue weighted by Crippen LogP contribution is 2.24. The smallest absolute Gasteiger partial charge is 0.227 e. The van der Waals surface area contributed by atoms with Gasteiger partial charge in [0.15, 0.2) is 0 Å². The van der Waals surface area contributed by atoms with E-state index in [-0.39, 0.29) is 11.3 Å². The van der Waals surface area contributed by atoms with Crippen molar-refractivity contribution in [2.45, 2.75) is 57.9 Å². The van der Waals surface area contributed by atoms with Gasteiger partial charge >= 0.3 is 0 Å². The third kappa shape index (κ3) is 4.19. The Morgan fingerprint density at radius 2 is 2.10 bits per heavy atom. The van der Waals surface area contributed by atoms with Gasteiger partial charge in [-0.25, -0.2) is 0 Å². The van der Waals surface area contributed by atoms with Crippen LogP contribution < -0.4 is 10.6 Å². The van der Waals surface area contributed by atoms with Crippen LogP contribution in [0, 0.1) is 5.41 Å². The van der Waals surface area contributed by atoms with Gasteiger partial charge in [0.25, 0.3) is 0 Å². The molecule has 20 heavy (non-hydrogen) atoms. The second-order valence-corrected chi connectivity index (χ2v) is 6.87. The molecule has 0 radical (unpaired) electrons. The molecule has 0 aromatic carbocycles. The predicted octanol–water partition coefficient (Wildman–Crippen LogP) is 1.76. The van der Waals surface area contributed by atoms with Crippen LogP contribution in [0.4, 0.5) is 0 Å². The zero-order chi connectivity index (χ0) is 14.4. The number of carbonyl (C=O) groups is 1. The summed E-state index contributed by atoms with van der Waals surface area (Å²) in [5.74, 6) is 0.225. The molecule has 1 saturated carbocycles. The quantitative estimate of drug-likeness (QED) is 0.729. The molecule has 4 nitrogen and oxygen atoms in total. The van der Waals surface area contributed by atoms with Gasteiger partial charge in [-0.1, -0.05) is 19.3 Å². The molecular formula is C16H31N3O. The summed E-state index contributed by atoms with van der Waals surface area (Å²) in [4.78, 5) is 14.6. The number of amides is 1. The van der Waals surface area contributed by atoms with Crippen molar-refractivity contribution < 1.29 is 4.79 Å². The first kappa shape index (κ1) is 15.8. The molecule has 2 rings (SSSR count). The molecule has 0 spiro atoms. The van der Waals surface area contributed by atoms with E-state index in [1.807, 2.05) is 0 Å². The van der Waals surface area contributed by atoms with Gasteiger partial charge < -0.3 is 15.5 Å². The van der Waals surface area contributed by atoms with Crippen LogP contribution in [0.25, 0.3) is 0 Å². The van der Waals surface area contributed by atoms with Crippen LogP contribution in [0.1, 0.15) is 51.9 Å². The van der Waals surface area contributed by atoms with E-state index < -0.39 is 0 Å². The zero-order valence-electron chi connectivity index (χ0n) is 13.2. The molecule has 1 aliphatic heterocycles. The van der Waals surface area contributed by atoms with Crippen molar-refractivity contribution in [2.75, 3.05) is 33.2 Å². The van der Waals surface area contributed by atoms with Gasteiger partial charge in [0.1, 0.15) is 0 Å².